The van der Waals surface area contributed by atoms with Gasteiger partial charge in [-0.3, -0.25) is 15.0 Å². The average Bonchev–Trinajstić information content (AvgIpc) is 3.00. The summed E-state index contributed by atoms with van der Waals surface area (Å²) in [5.41, 5.74) is 3.38. The maximum absolute atomic E-state index is 12.8. The lowest BCUT2D eigenvalue weighted by Gasteiger charge is -2.15. The van der Waals surface area contributed by atoms with Crippen LogP contribution in [0.1, 0.15) is 22.8 Å². The summed E-state index contributed by atoms with van der Waals surface area (Å²) in [4.78, 5) is 36.3. The van der Waals surface area contributed by atoms with Crippen molar-refractivity contribution < 1.29 is 29.0 Å². The Labute approximate surface area is 198 Å². The summed E-state index contributed by atoms with van der Waals surface area (Å²) in [5, 5.41) is 10.2. The quantitative estimate of drug-likeness (QED) is 0.424. The number of nitrogens with one attached hydrogen (secondary N) is 1. The van der Waals surface area contributed by atoms with Crippen LogP contribution in [0.4, 0.5) is 0 Å². The first-order valence-corrected chi connectivity index (χ1v) is 10.8. The number of rotatable bonds is 8. The molecule has 0 aromatic heterocycles. The highest BCUT2D eigenvalue weighted by molar-refractivity contribution is 8.26. The van der Waals surface area contributed by atoms with E-state index >= 15 is 0 Å². The molecular weight excluding hydrogens is 476 g/mol. The zero-order valence-electron chi connectivity index (χ0n) is 16.7. The SMILES string of the molecule is CCOc1cc(/C=C2/SC(=S)N(NC(=O)c3cccc(Cl)c3)C2=O)ccc1OCC(=O)O. The second-order valence-corrected chi connectivity index (χ2v) is 8.40. The van der Waals surface area contributed by atoms with Gasteiger partial charge in [0.05, 0.1) is 11.5 Å². The van der Waals surface area contributed by atoms with Gasteiger partial charge in [0.15, 0.2) is 22.4 Å². The summed E-state index contributed by atoms with van der Waals surface area (Å²) in [6, 6.07) is 11.1. The highest BCUT2D eigenvalue weighted by atomic mass is 35.5. The van der Waals surface area contributed by atoms with Crippen LogP contribution in [0.3, 0.4) is 0 Å². The Kier molecular flexibility index (Phi) is 7.73. The fourth-order valence-corrected chi connectivity index (χ4v) is 4.02. The van der Waals surface area contributed by atoms with Gasteiger partial charge in [-0.15, -0.1) is 0 Å². The van der Waals surface area contributed by atoms with Crippen molar-refractivity contribution in [3.05, 3.63) is 63.5 Å². The summed E-state index contributed by atoms with van der Waals surface area (Å²) in [5.74, 6) is -1.51. The van der Waals surface area contributed by atoms with Crippen LogP contribution < -0.4 is 14.9 Å². The minimum Gasteiger partial charge on any atom is -0.490 e. The number of hydrazine groups is 1. The predicted molar refractivity (Wildman–Crippen MR) is 125 cm³/mol. The lowest BCUT2D eigenvalue weighted by Crippen LogP contribution is -2.44. The van der Waals surface area contributed by atoms with Gasteiger partial charge in [0.25, 0.3) is 11.8 Å². The minimum absolute atomic E-state index is 0.170. The van der Waals surface area contributed by atoms with Crippen LogP contribution in [0.5, 0.6) is 11.5 Å². The topological polar surface area (TPSA) is 105 Å². The molecule has 1 aliphatic heterocycles. The highest BCUT2D eigenvalue weighted by Crippen LogP contribution is 2.34. The summed E-state index contributed by atoms with van der Waals surface area (Å²) in [7, 11) is 0. The van der Waals surface area contributed by atoms with E-state index in [0.717, 1.165) is 16.8 Å². The van der Waals surface area contributed by atoms with E-state index in [1.165, 1.54) is 6.07 Å². The number of hydrogen-bond acceptors (Lipinski definition) is 7. The van der Waals surface area contributed by atoms with Gasteiger partial charge in [-0.2, -0.15) is 5.01 Å². The number of aliphatic carboxylic acids is 1. The van der Waals surface area contributed by atoms with Gasteiger partial charge < -0.3 is 14.6 Å². The Morgan fingerprint density at radius 2 is 2.00 bits per heavy atom. The van der Waals surface area contributed by atoms with Crippen molar-refractivity contribution in [3.8, 4) is 11.5 Å². The minimum atomic E-state index is -1.11. The third kappa shape index (κ3) is 5.78. The molecule has 0 saturated carbocycles. The molecule has 0 aliphatic carbocycles. The Morgan fingerprint density at radius 1 is 1.22 bits per heavy atom. The van der Waals surface area contributed by atoms with Crippen LogP contribution in [-0.2, 0) is 9.59 Å². The van der Waals surface area contributed by atoms with Crippen molar-refractivity contribution in [3.63, 3.8) is 0 Å². The van der Waals surface area contributed by atoms with Gasteiger partial charge >= 0.3 is 5.97 Å². The Balaban J connectivity index is 1.78. The summed E-state index contributed by atoms with van der Waals surface area (Å²) >= 11 is 12.2. The van der Waals surface area contributed by atoms with E-state index < -0.39 is 24.4 Å². The number of hydrogen-bond donors (Lipinski definition) is 2. The standard InChI is InChI=1S/C21H17ClN2O6S2/c1-2-29-16-8-12(6-7-15(16)30-11-18(25)26)9-17-20(28)24(21(31)32-17)23-19(27)13-4-3-5-14(22)10-13/h3-10H,2,11H2,1H3,(H,23,27)(H,25,26)/b17-9+. The number of amides is 2. The number of thiocarbonyl (C=S) groups is 1. The van der Waals surface area contributed by atoms with E-state index in [-0.39, 0.29) is 15.6 Å². The molecule has 32 heavy (non-hydrogen) atoms. The van der Waals surface area contributed by atoms with E-state index in [0.29, 0.717) is 27.8 Å². The lowest BCUT2D eigenvalue weighted by molar-refractivity contribution is -0.139. The molecule has 3 rings (SSSR count). The van der Waals surface area contributed by atoms with Gasteiger partial charge in [0.2, 0.25) is 0 Å². The molecule has 0 radical (unpaired) electrons. The number of nitrogens with zero attached hydrogens (tertiary/aromatic N) is 1. The van der Waals surface area contributed by atoms with E-state index in [4.69, 9.17) is 38.4 Å². The van der Waals surface area contributed by atoms with E-state index in [1.807, 2.05) is 0 Å². The third-order valence-electron chi connectivity index (χ3n) is 4.01. The first-order valence-electron chi connectivity index (χ1n) is 9.24. The van der Waals surface area contributed by atoms with Crippen LogP contribution in [0, 0.1) is 0 Å². The zero-order valence-corrected chi connectivity index (χ0v) is 19.1. The summed E-state index contributed by atoms with van der Waals surface area (Å²) in [6.45, 7) is 1.61. The molecule has 1 saturated heterocycles. The van der Waals surface area contributed by atoms with Crippen molar-refractivity contribution in [2.24, 2.45) is 0 Å². The van der Waals surface area contributed by atoms with Crippen LogP contribution in [-0.4, -0.2) is 45.4 Å². The van der Waals surface area contributed by atoms with Crippen LogP contribution in [0.25, 0.3) is 6.08 Å². The molecule has 2 amide bonds. The van der Waals surface area contributed by atoms with Crippen molar-refractivity contribution >= 4 is 63.8 Å². The normalized spacial score (nSPS) is 14.6. The molecule has 2 aromatic rings. The number of carbonyl (C=O) groups excluding carboxylic acids is 2. The van der Waals surface area contributed by atoms with Crippen LogP contribution in [0.15, 0.2) is 47.4 Å². The maximum atomic E-state index is 12.8. The summed E-state index contributed by atoms with van der Waals surface area (Å²) in [6.07, 6.45) is 1.59. The molecule has 0 atom stereocenters. The molecule has 1 heterocycles. The van der Waals surface area contributed by atoms with Crippen LogP contribution in [0.2, 0.25) is 5.02 Å². The number of ether oxygens (including phenoxy) is 2. The first kappa shape index (κ1) is 23.6. The predicted octanol–water partition coefficient (Wildman–Crippen LogP) is 3.75. The van der Waals surface area contributed by atoms with Crippen molar-refractivity contribution in [1.29, 1.82) is 0 Å². The van der Waals surface area contributed by atoms with Crippen molar-refractivity contribution in [2.45, 2.75) is 6.92 Å². The van der Waals surface area contributed by atoms with Gasteiger partial charge in [-0.05, 0) is 61.1 Å². The number of benzene rings is 2. The van der Waals surface area contributed by atoms with E-state index in [2.05, 4.69) is 5.43 Å². The number of thioether (sulfide) groups is 1. The molecule has 1 aliphatic rings. The number of carboxylic acids is 1. The molecule has 2 N–H and O–H groups in total. The molecule has 11 heteroatoms. The number of carboxylic acid groups (broad SMARTS) is 1. The molecule has 0 unspecified atom stereocenters. The Hall–Kier alpha value is -3.08. The van der Waals surface area contributed by atoms with Crippen molar-refractivity contribution in [2.75, 3.05) is 13.2 Å². The number of halogens is 1. The maximum Gasteiger partial charge on any atom is 0.341 e. The molecular formula is C21H17ClN2O6S2. The van der Waals surface area contributed by atoms with Crippen molar-refractivity contribution in [1.82, 2.24) is 10.4 Å². The fourth-order valence-electron chi connectivity index (χ4n) is 2.65. The largest absolute Gasteiger partial charge is 0.490 e. The third-order valence-corrected chi connectivity index (χ3v) is 5.55. The monoisotopic (exact) mass is 492 g/mol. The molecule has 0 bridgehead atoms. The second-order valence-electron chi connectivity index (χ2n) is 6.29. The molecule has 8 nitrogen and oxygen atoms in total. The Morgan fingerprint density at radius 3 is 2.69 bits per heavy atom. The van der Waals surface area contributed by atoms with Gasteiger partial charge in [0, 0.05) is 10.6 Å². The first-order chi connectivity index (χ1) is 15.3. The van der Waals surface area contributed by atoms with E-state index in [9.17, 15) is 14.4 Å². The number of carbonyl (C=O) groups is 3. The van der Waals surface area contributed by atoms with Gasteiger partial charge in [-0.25, -0.2) is 4.79 Å². The smallest absolute Gasteiger partial charge is 0.341 e. The highest BCUT2D eigenvalue weighted by Gasteiger charge is 2.33. The zero-order chi connectivity index (χ0) is 23.3. The summed E-state index contributed by atoms with van der Waals surface area (Å²) < 4.78 is 10.9. The average molecular weight is 493 g/mol. The second kappa shape index (κ2) is 10.5. The Bertz CT molecular complexity index is 1120. The lowest BCUT2D eigenvalue weighted by atomic mass is 10.2. The molecule has 1 fully saturated rings. The van der Waals surface area contributed by atoms with Gasteiger partial charge in [-0.1, -0.05) is 35.5 Å². The molecule has 2 aromatic carbocycles. The molecule has 166 valence electrons. The molecule has 0 spiro atoms. The fraction of sp³-hybridized carbons (Fsp3) is 0.143. The van der Waals surface area contributed by atoms with Crippen LogP contribution >= 0.6 is 35.6 Å². The van der Waals surface area contributed by atoms with E-state index in [1.54, 1.807) is 49.4 Å². The van der Waals surface area contributed by atoms with Gasteiger partial charge in [0.1, 0.15) is 0 Å².